The van der Waals surface area contributed by atoms with Crippen molar-refractivity contribution in [3.63, 3.8) is 0 Å². The maximum atomic E-state index is 13.7. The Kier molecular flexibility index (Phi) is 5.32. The van der Waals surface area contributed by atoms with Crippen molar-refractivity contribution in [2.75, 3.05) is 39.9 Å². The second-order valence-corrected chi connectivity index (χ2v) is 7.46. The molecule has 2 aromatic rings. The molecule has 0 unspecified atom stereocenters. The first-order chi connectivity index (χ1) is 13.5. The Morgan fingerprint density at radius 2 is 2.04 bits per heavy atom. The van der Waals surface area contributed by atoms with E-state index in [1.54, 1.807) is 23.1 Å². The molecule has 2 heterocycles. The Bertz CT molecular complexity index is 871. The summed E-state index contributed by atoms with van der Waals surface area (Å²) < 4.78 is 24.4. The summed E-state index contributed by atoms with van der Waals surface area (Å²) >= 11 is 0. The molecule has 1 saturated carbocycles. The average Bonchev–Trinajstić information content (AvgIpc) is 3.10. The third-order valence-corrected chi connectivity index (χ3v) is 5.57. The van der Waals surface area contributed by atoms with Gasteiger partial charge in [0.15, 0.2) is 17.2 Å². The number of likely N-dealkylation sites (N-methyl/N-ethyl adjacent to an activating group) is 1. The number of benzene rings is 1. The number of ether oxygens (including phenoxy) is 1. The van der Waals surface area contributed by atoms with Crippen LogP contribution in [0, 0.1) is 5.82 Å². The second-order valence-electron chi connectivity index (χ2n) is 7.46. The number of nitrogens with one attached hydrogen (secondary N) is 1. The Morgan fingerprint density at radius 1 is 1.29 bits per heavy atom. The quantitative estimate of drug-likeness (QED) is 0.841. The zero-order chi connectivity index (χ0) is 19.7. The standard InChI is InChI=1S/C20H24FN3O4/c1-23(18(25)12-24-5-7-27-8-6-24)15-10-14(11-15)22-20(26)17-9-13-3-2-4-16(21)19(13)28-17/h2-4,9,14-15H,5-8,10-12H2,1H3,(H,22,26). The van der Waals surface area contributed by atoms with Crippen LogP contribution < -0.4 is 5.32 Å². The van der Waals surface area contributed by atoms with E-state index in [0.29, 0.717) is 38.0 Å². The fourth-order valence-corrected chi connectivity index (χ4v) is 3.68. The van der Waals surface area contributed by atoms with Crippen molar-refractivity contribution in [2.45, 2.75) is 24.9 Å². The summed E-state index contributed by atoms with van der Waals surface area (Å²) in [4.78, 5) is 28.7. The summed E-state index contributed by atoms with van der Waals surface area (Å²) in [6.07, 6.45) is 1.40. The van der Waals surface area contributed by atoms with Crippen LogP contribution in [-0.2, 0) is 9.53 Å². The minimum Gasteiger partial charge on any atom is -0.448 e. The van der Waals surface area contributed by atoms with Gasteiger partial charge in [-0.15, -0.1) is 0 Å². The van der Waals surface area contributed by atoms with Gasteiger partial charge >= 0.3 is 0 Å². The van der Waals surface area contributed by atoms with E-state index in [-0.39, 0.29) is 35.2 Å². The van der Waals surface area contributed by atoms with E-state index < -0.39 is 5.82 Å². The van der Waals surface area contributed by atoms with Crippen molar-refractivity contribution >= 4 is 22.8 Å². The molecule has 2 fully saturated rings. The van der Waals surface area contributed by atoms with Crippen molar-refractivity contribution in [3.05, 3.63) is 35.8 Å². The molecule has 0 atom stereocenters. The van der Waals surface area contributed by atoms with Gasteiger partial charge in [-0.1, -0.05) is 12.1 Å². The van der Waals surface area contributed by atoms with E-state index in [2.05, 4.69) is 10.2 Å². The number of morpholine rings is 1. The zero-order valence-corrected chi connectivity index (χ0v) is 15.8. The van der Waals surface area contributed by atoms with Gasteiger partial charge in [-0.25, -0.2) is 4.39 Å². The molecule has 4 rings (SSSR count). The third kappa shape index (κ3) is 3.88. The molecule has 1 aromatic carbocycles. The fourth-order valence-electron chi connectivity index (χ4n) is 3.68. The summed E-state index contributed by atoms with van der Waals surface area (Å²) in [6, 6.07) is 6.22. The van der Waals surface area contributed by atoms with Gasteiger partial charge in [0.25, 0.3) is 5.91 Å². The first-order valence-electron chi connectivity index (χ1n) is 9.56. The number of hydrogen-bond donors (Lipinski definition) is 1. The molecule has 2 amide bonds. The van der Waals surface area contributed by atoms with Crippen LogP contribution in [0.4, 0.5) is 4.39 Å². The first-order valence-corrected chi connectivity index (χ1v) is 9.56. The molecule has 1 aliphatic carbocycles. The Labute approximate surface area is 162 Å². The van der Waals surface area contributed by atoms with Gasteiger partial charge in [0.1, 0.15) is 0 Å². The van der Waals surface area contributed by atoms with Gasteiger partial charge in [-0.05, 0) is 25.0 Å². The maximum Gasteiger partial charge on any atom is 0.287 e. The molecule has 28 heavy (non-hydrogen) atoms. The summed E-state index contributed by atoms with van der Waals surface area (Å²) in [5, 5.41) is 3.46. The largest absolute Gasteiger partial charge is 0.448 e. The molecule has 150 valence electrons. The van der Waals surface area contributed by atoms with Crippen molar-refractivity contribution in [1.82, 2.24) is 15.1 Å². The van der Waals surface area contributed by atoms with E-state index in [1.165, 1.54) is 6.07 Å². The predicted molar refractivity (Wildman–Crippen MR) is 100 cm³/mol. The SMILES string of the molecule is CN(C(=O)CN1CCOCC1)C1CC(NC(=O)c2cc3cccc(F)c3o2)C1. The number of halogens is 1. The summed E-state index contributed by atoms with van der Waals surface area (Å²) in [5.41, 5.74) is 0.0904. The number of para-hydroxylation sites is 1. The smallest absolute Gasteiger partial charge is 0.287 e. The number of furan rings is 1. The van der Waals surface area contributed by atoms with Crippen molar-refractivity contribution < 1.29 is 23.1 Å². The molecule has 0 radical (unpaired) electrons. The predicted octanol–water partition coefficient (Wildman–Crippen LogP) is 1.62. The van der Waals surface area contributed by atoms with E-state index >= 15 is 0 Å². The van der Waals surface area contributed by atoms with Crippen LogP contribution in [0.25, 0.3) is 11.0 Å². The van der Waals surface area contributed by atoms with Gasteiger partial charge in [0.2, 0.25) is 5.91 Å². The maximum absolute atomic E-state index is 13.7. The third-order valence-electron chi connectivity index (χ3n) is 5.57. The summed E-state index contributed by atoms with van der Waals surface area (Å²) in [5.74, 6) is -0.660. The highest BCUT2D eigenvalue weighted by Gasteiger charge is 2.36. The number of rotatable bonds is 5. The van der Waals surface area contributed by atoms with Crippen LogP contribution in [0.15, 0.2) is 28.7 Å². The van der Waals surface area contributed by atoms with Gasteiger partial charge in [-0.3, -0.25) is 14.5 Å². The van der Waals surface area contributed by atoms with Gasteiger partial charge < -0.3 is 19.4 Å². The van der Waals surface area contributed by atoms with Crippen LogP contribution in [0.3, 0.4) is 0 Å². The molecule has 8 heteroatoms. The molecular weight excluding hydrogens is 365 g/mol. The molecule has 2 aliphatic rings. The summed E-state index contributed by atoms with van der Waals surface area (Å²) in [6.45, 7) is 3.29. The van der Waals surface area contributed by atoms with Gasteiger partial charge in [-0.2, -0.15) is 0 Å². The minimum absolute atomic E-state index is 0.0193. The fraction of sp³-hybridized carbons (Fsp3) is 0.500. The number of carbonyl (C=O) groups excluding carboxylic acids is 2. The normalized spacial score (nSPS) is 22.6. The van der Waals surface area contributed by atoms with Crippen LogP contribution in [0.5, 0.6) is 0 Å². The Hall–Kier alpha value is -2.45. The van der Waals surface area contributed by atoms with E-state index in [9.17, 15) is 14.0 Å². The zero-order valence-electron chi connectivity index (χ0n) is 15.8. The average molecular weight is 389 g/mol. The topological polar surface area (TPSA) is 75.0 Å². The van der Waals surface area contributed by atoms with Gasteiger partial charge in [0, 0.05) is 37.6 Å². The molecule has 1 aromatic heterocycles. The highest BCUT2D eigenvalue weighted by Crippen LogP contribution is 2.27. The lowest BCUT2D eigenvalue weighted by molar-refractivity contribution is -0.136. The van der Waals surface area contributed by atoms with E-state index in [0.717, 1.165) is 13.1 Å². The molecular formula is C20H24FN3O4. The lowest BCUT2D eigenvalue weighted by Gasteiger charge is -2.42. The molecule has 0 bridgehead atoms. The van der Waals surface area contributed by atoms with Gasteiger partial charge in [0.05, 0.1) is 19.8 Å². The Balaban J connectivity index is 1.26. The number of hydrogen-bond acceptors (Lipinski definition) is 5. The van der Waals surface area contributed by atoms with Crippen LogP contribution in [0.1, 0.15) is 23.4 Å². The minimum atomic E-state index is -0.485. The van der Waals surface area contributed by atoms with Crippen LogP contribution in [-0.4, -0.2) is 73.6 Å². The van der Waals surface area contributed by atoms with Crippen LogP contribution >= 0.6 is 0 Å². The van der Waals surface area contributed by atoms with E-state index in [4.69, 9.17) is 9.15 Å². The number of nitrogens with zero attached hydrogens (tertiary/aromatic N) is 2. The molecule has 1 saturated heterocycles. The first kappa shape index (κ1) is 18.9. The summed E-state index contributed by atoms with van der Waals surface area (Å²) in [7, 11) is 1.81. The van der Waals surface area contributed by atoms with Crippen LogP contribution in [0.2, 0.25) is 0 Å². The molecule has 1 N–H and O–H groups in total. The second kappa shape index (κ2) is 7.89. The molecule has 1 aliphatic heterocycles. The molecule has 0 spiro atoms. The number of carbonyl (C=O) groups is 2. The highest BCUT2D eigenvalue weighted by molar-refractivity contribution is 5.96. The Morgan fingerprint density at radius 3 is 2.75 bits per heavy atom. The van der Waals surface area contributed by atoms with Crippen molar-refractivity contribution in [3.8, 4) is 0 Å². The van der Waals surface area contributed by atoms with Crippen molar-refractivity contribution in [2.24, 2.45) is 0 Å². The van der Waals surface area contributed by atoms with Crippen molar-refractivity contribution in [1.29, 1.82) is 0 Å². The lowest BCUT2D eigenvalue weighted by Crippen LogP contribution is -2.56. The number of fused-ring (bicyclic) bond motifs is 1. The number of amides is 2. The lowest BCUT2D eigenvalue weighted by atomic mass is 9.85. The van der Waals surface area contributed by atoms with E-state index in [1.807, 2.05) is 7.05 Å². The monoisotopic (exact) mass is 389 g/mol. The molecule has 7 nitrogen and oxygen atoms in total. The highest BCUT2D eigenvalue weighted by atomic mass is 19.1.